The van der Waals surface area contributed by atoms with E-state index in [2.05, 4.69) is 22.1 Å². The predicted molar refractivity (Wildman–Crippen MR) is 94.8 cm³/mol. The van der Waals surface area contributed by atoms with E-state index in [-0.39, 0.29) is 11.9 Å². The summed E-state index contributed by atoms with van der Waals surface area (Å²) >= 11 is 0. The first-order valence-corrected chi connectivity index (χ1v) is 8.64. The van der Waals surface area contributed by atoms with Gasteiger partial charge in [0.2, 0.25) is 0 Å². The number of aliphatic imine (C=N–C) groups is 1. The molecule has 2 aromatic rings. The number of aliphatic hydroxyl groups excluding tert-OH is 1. The lowest BCUT2D eigenvalue weighted by atomic mass is 10.1. The molecule has 3 N–H and O–H groups in total. The number of guanidine groups is 1. The van der Waals surface area contributed by atoms with E-state index in [1.807, 2.05) is 6.20 Å². The highest BCUT2D eigenvalue weighted by Crippen LogP contribution is 2.20. The first-order chi connectivity index (χ1) is 11.7. The number of halogens is 1. The van der Waals surface area contributed by atoms with Gasteiger partial charge in [-0.3, -0.25) is 4.99 Å². The number of aliphatic hydroxyl groups is 1. The molecule has 130 valence electrons. The maximum Gasteiger partial charge on any atom is 0.193 e. The highest BCUT2D eigenvalue weighted by atomic mass is 19.1. The largest absolute Gasteiger partial charge is 0.393 e. The zero-order chi connectivity index (χ0) is 16.9. The normalized spacial score (nSPS) is 16.8. The van der Waals surface area contributed by atoms with Crippen molar-refractivity contribution in [3.8, 4) is 0 Å². The van der Waals surface area contributed by atoms with E-state index in [4.69, 9.17) is 4.99 Å². The summed E-state index contributed by atoms with van der Waals surface area (Å²) in [5.74, 6) is 0.683. The molecule has 0 radical (unpaired) electrons. The molecule has 1 fully saturated rings. The number of aromatic nitrogens is 1. The van der Waals surface area contributed by atoms with Gasteiger partial charge in [0.05, 0.1) is 6.10 Å². The first-order valence-electron chi connectivity index (χ1n) is 8.64. The van der Waals surface area contributed by atoms with Crippen molar-refractivity contribution < 1.29 is 9.50 Å². The smallest absolute Gasteiger partial charge is 0.193 e. The lowest BCUT2D eigenvalue weighted by Crippen LogP contribution is -2.46. The van der Waals surface area contributed by atoms with Crippen LogP contribution in [-0.2, 0) is 6.42 Å². The number of H-pyrrole nitrogens is 1. The van der Waals surface area contributed by atoms with Gasteiger partial charge >= 0.3 is 0 Å². The fourth-order valence-corrected chi connectivity index (χ4v) is 3.14. The van der Waals surface area contributed by atoms with E-state index in [1.54, 1.807) is 12.1 Å². The Bertz CT molecular complexity index is 704. The van der Waals surface area contributed by atoms with Gasteiger partial charge in [0.15, 0.2) is 5.96 Å². The van der Waals surface area contributed by atoms with Crippen molar-refractivity contribution in [3.63, 3.8) is 0 Å². The van der Waals surface area contributed by atoms with E-state index in [9.17, 15) is 9.50 Å². The highest BCUT2D eigenvalue weighted by molar-refractivity contribution is 5.83. The SMILES string of the molecule is CCNC(=NCCc1c[nH]c2ccc(F)cc12)N1CCC(O)CC1. The van der Waals surface area contributed by atoms with E-state index >= 15 is 0 Å². The molecule has 2 heterocycles. The number of nitrogens with zero attached hydrogens (tertiary/aromatic N) is 2. The molecule has 0 spiro atoms. The Kier molecular flexibility index (Phi) is 5.35. The summed E-state index contributed by atoms with van der Waals surface area (Å²) in [6.45, 7) is 5.16. The van der Waals surface area contributed by atoms with Gasteiger partial charge in [0.1, 0.15) is 5.82 Å². The summed E-state index contributed by atoms with van der Waals surface area (Å²) in [7, 11) is 0. The van der Waals surface area contributed by atoms with Gasteiger partial charge in [0.25, 0.3) is 0 Å². The molecule has 5 nitrogen and oxygen atoms in total. The standard InChI is InChI=1S/C18H25FN4O/c1-2-20-18(23-9-6-15(24)7-10-23)21-8-5-13-12-22-17-4-3-14(19)11-16(13)17/h3-4,11-12,15,22,24H,2,5-10H2,1H3,(H,20,21). The fourth-order valence-electron chi connectivity index (χ4n) is 3.14. The van der Waals surface area contributed by atoms with Crippen LogP contribution in [0.15, 0.2) is 29.4 Å². The van der Waals surface area contributed by atoms with Gasteiger partial charge in [-0.15, -0.1) is 0 Å². The Labute approximate surface area is 141 Å². The number of nitrogens with one attached hydrogen (secondary N) is 2. The minimum atomic E-state index is -0.216. The molecule has 3 rings (SSSR count). The first kappa shape index (κ1) is 16.8. The average Bonchev–Trinajstić information content (AvgIpc) is 2.97. The lowest BCUT2D eigenvalue weighted by Gasteiger charge is -2.32. The van der Waals surface area contributed by atoms with Crippen molar-refractivity contribution in [1.82, 2.24) is 15.2 Å². The van der Waals surface area contributed by atoms with Crippen LogP contribution in [0.25, 0.3) is 10.9 Å². The second-order valence-electron chi connectivity index (χ2n) is 6.21. The minimum Gasteiger partial charge on any atom is -0.393 e. The maximum absolute atomic E-state index is 13.4. The van der Waals surface area contributed by atoms with Crippen LogP contribution in [0.2, 0.25) is 0 Å². The summed E-state index contributed by atoms with van der Waals surface area (Å²) < 4.78 is 13.4. The number of aromatic amines is 1. The summed E-state index contributed by atoms with van der Waals surface area (Å²) in [4.78, 5) is 10.1. The second kappa shape index (κ2) is 7.66. The van der Waals surface area contributed by atoms with Crippen molar-refractivity contribution in [2.24, 2.45) is 4.99 Å². The Morgan fingerprint density at radius 2 is 2.21 bits per heavy atom. The van der Waals surface area contributed by atoms with Gasteiger partial charge in [0, 0.05) is 43.3 Å². The number of benzene rings is 1. The number of hydrogen-bond acceptors (Lipinski definition) is 2. The summed E-state index contributed by atoms with van der Waals surface area (Å²) in [6, 6.07) is 4.80. The molecule has 24 heavy (non-hydrogen) atoms. The molecular formula is C18H25FN4O. The topological polar surface area (TPSA) is 63.7 Å². The van der Waals surface area contributed by atoms with Crippen molar-refractivity contribution in [2.75, 3.05) is 26.2 Å². The summed E-state index contributed by atoms with van der Waals surface area (Å²) in [5.41, 5.74) is 2.03. The van der Waals surface area contributed by atoms with Gasteiger partial charge < -0.3 is 20.3 Å². The van der Waals surface area contributed by atoms with Gasteiger partial charge in [-0.25, -0.2) is 4.39 Å². The molecule has 0 atom stereocenters. The molecule has 0 unspecified atom stereocenters. The molecule has 0 saturated carbocycles. The molecule has 0 bridgehead atoms. The van der Waals surface area contributed by atoms with Crippen molar-refractivity contribution in [3.05, 3.63) is 35.8 Å². The van der Waals surface area contributed by atoms with Crippen LogP contribution in [-0.4, -0.2) is 53.2 Å². The van der Waals surface area contributed by atoms with Gasteiger partial charge in [-0.1, -0.05) is 0 Å². The monoisotopic (exact) mass is 332 g/mol. The molecule has 1 aliphatic heterocycles. The predicted octanol–water partition coefficient (Wildman–Crippen LogP) is 2.27. The molecule has 0 amide bonds. The molecule has 1 saturated heterocycles. The molecule has 1 aromatic carbocycles. The number of rotatable bonds is 4. The van der Waals surface area contributed by atoms with Crippen LogP contribution in [0.1, 0.15) is 25.3 Å². The zero-order valence-corrected chi connectivity index (χ0v) is 14.1. The Morgan fingerprint density at radius 3 is 2.96 bits per heavy atom. The third kappa shape index (κ3) is 3.87. The number of likely N-dealkylation sites (tertiary alicyclic amines) is 1. The van der Waals surface area contributed by atoms with Crippen LogP contribution in [0, 0.1) is 5.82 Å². The van der Waals surface area contributed by atoms with E-state index in [1.165, 1.54) is 6.07 Å². The molecule has 0 aliphatic carbocycles. The van der Waals surface area contributed by atoms with Crippen LogP contribution in [0.3, 0.4) is 0 Å². The van der Waals surface area contributed by atoms with E-state index in [0.29, 0.717) is 6.54 Å². The average molecular weight is 332 g/mol. The number of hydrogen-bond donors (Lipinski definition) is 3. The molecule has 1 aliphatic rings. The van der Waals surface area contributed by atoms with E-state index in [0.717, 1.165) is 61.3 Å². The van der Waals surface area contributed by atoms with Crippen molar-refractivity contribution in [2.45, 2.75) is 32.3 Å². The third-order valence-electron chi connectivity index (χ3n) is 4.47. The van der Waals surface area contributed by atoms with Gasteiger partial charge in [-0.2, -0.15) is 0 Å². The Morgan fingerprint density at radius 1 is 1.42 bits per heavy atom. The molecule has 1 aromatic heterocycles. The third-order valence-corrected chi connectivity index (χ3v) is 4.47. The zero-order valence-electron chi connectivity index (χ0n) is 14.1. The molecule has 6 heteroatoms. The summed E-state index contributed by atoms with van der Waals surface area (Å²) in [5, 5.41) is 13.9. The number of fused-ring (bicyclic) bond motifs is 1. The van der Waals surface area contributed by atoms with Crippen LogP contribution in [0.4, 0.5) is 4.39 Å². The van der Waals surface area contributed by atoms with Crippen LogP contribution >= 0.6 is 0 Å². The lowest BCUT2D eigenvalue weighted by molar-refractivity contribution is 0.108. The number of piperidine rings is 1. The van der Waals surface area contributed by atoms with Crippen LogP contribution < -0.4 is 5.32 Å². The van der Waals surface area contributed by atoms with Crippen molar-refractivity contribution >= 4 is 16.9 Å². The van der Waals surface area contributed by atoms with Gasteiger partial charge in [-0.05, 0) is 49.9 Å². The van der Waals surface area contributed by atoms with E-state index < -0.39 is 0 Å². The second-order valence-corrected chi connectivity index (χ2v) is 6.21. The Hall–Kier alpha value is -2.08. The van der Waals surface area contributed by atoms with Crippen LogP contribution in [0.5, 0.6) is 0 Å². The van der Waals surface area contributed by atoms with Crippen molar-refractivity contribution in [1.29, 1.82) is 0 Å². The molecular weight excluding hydrogens is 307 g/mol. The fraction of sp³-hybridized carbons (Fsp3) is 0.500. The summed E-state index contributed by atoms with van der Waals surface area (Å²) in [6.07, 6.45) is 4.07. The maximum atomic E-state index is 13.4. The minimum absolute atomic E-state index is 0.190. The highest BCUT2D eigenvalue weighted by Gasteiger charge is 2.19. The quantitative estimate of drug-likeness (QED) is 0.594. The Balaban J connectivity index is 1.66.